The van der Waals surface area contributed by atoms with Gasteiger partial charge in [-0.25, -0.2) is 0 Å². The van der Waals surface area contributed by atoms with Crippen LogP contribution in [0, 0.1) is 0 Å². The molecule has 0 bridgehead atoms. The lowest BCUT2D eigenvalue weighted by Gasteiger charge is -2.32. The molecule has 2 aliphatic carbocycles. The predicted molar refractivity (Wildman–Crippen MR) is 551 cm³/mol. The van der Waals surface area contributed by atoms with Crippen LogP contribution in [0.4, 0.5) is 34.1 Å². The third-order valence-electron chi connectivity index (χ3n) is 27.4. The molecule has 0 amide bonds. The Hall–Kier alpha value is -17.0. The van der Waals surface area contributed by atoms with Crippen molar-refractivity contribution in [1.29, 1.82) is 0 Å². The summed E-state index contributed by atoms with van der Waals surface area (Å²) in [4.78, 5) is 9.21. The minimum Gasteiger partial charge on any atom is -0.310 e. The van der Waals surface area contributed by atoms with Gasteiger partial charge in [0.25, 0.3) is 0 Å². The van der Waals surface area contributed by atoms with Gasteiger partial charge in [-0.1, -0.05) is 309 Å². The number of hydrogen-bond donors (Lipinski definition) is 0. The SMILES string of the molecule is c1ccc(-c2ccc(N(c3ccc(-c4ccc5c(c4)c4cc6ccccc6cc4n5-c4ccc5sc6ccccc6c5c4)cc3)c3cccnc3)cc2)cc1.c1ccc(-c2ccc(N(c3ccc(-c4ccc5c(c4)c4ccccc4n5-c4ccc5c6ccccc6n(-c6ccccc6)c5c4)cc3)c3cccc4c3-c3ccccc3C43c4ccccc4-c4ccccc43)cc2)cc1. The first-order valence-electron chi connectivity index (χ1n) is 44.9. The van der Waals surface area contributed by atoms with E-state index in [9.17, 15) is 0 Å². The molecule has 25 aromatic rings. The number of nitrogens with zero attached hydrogens (tertiary/aromatic N) is 6. The zero-order valence-corrected chi connectivity index (χ0v) is 72.1. The van der Waals surface area contributed by atoms with Gasteiger partial charge in [-0.15, -0.1) is 11.3 Å². The third-order valence-corrected chi connectivity index (χ3v) is 28.5. The van der Waals surface area contributed by atoms with Gasteiger partial charge in [0.15, 0.2) is 0 Å². The molecule has 0 N–H and O–H groups in total. The molecular formula is C124H80N6S. The zero-order valence-electron chi connectivity index (χ0n) is 71.3. The fraction of sp³-hybridized carbons (Fsp3) is 0.00806. The molecule has 7 heteroatoms. The molecule has 0 unspecified atom stereocenters. The Bertz CT molecular complexity index is 8770. The second kappa shape index (κ2) is 30.7. The molecular weight excluding hydrogens is 1610 g/mol. The van der Waals surface area contributed by atoms with Crippen LogP contribution < -0.4 is 9.80 Å². The van der Waals surface area contributed by atoms with Gasteiger partial charge in [0.2, 0.25) is 0 Å². The first kappa shape index (κ1) is 75.4. The van der Waals surface area contributed by atoms with Crippen molar-refractivity contribution in [2.75, 3.05) is 9.80 Å². The Balaban J connectivity index is 0.000000145. The number of hydrogen-bond acceptors (Lipinski definition) is 4. The van der Waals surface area contributed by atoms with Crippen molar-refractivity contribution < 1.29 is 0 Å². The second-order valence-corrected chi connectivity index (χ2v) is 35.5. The standard InChI is InChI=1S/C73H47N3.C51H33N3S/c1-3-18-48(19-4-1)49-34-39-53(40-35-49)74(70-33-17-30-66-72(70)61-26-9-14-29-65(61)73(66)63-27-12-7-22-56(63)57-23-8-13-28-64(57)73)54-41-36-50(37-42-54)51-38-45-69-62(46-51)59-25-11-16-32-68(59)76(69)55-43-44-60-58-24-10-15-31-67(58)75(71(60)47-55)52-20-5-2-6-21-52;1-2-9-34(10-3-1)35-16-21-40(22-17-35)53(43-13-8-28-52-33-43)41-23-18-36(19-24-41)39-20-26-48-45(30-39)46-29-37-11-4-5-12-38(37)31-49(46)54(48)42-25-27-51-47(32-42)44-14-6-7-15-50(44)55-51/h1-47H;1-33H. The molecule has 5 heterocycles. The van der Waals surface area contributed by atoms with Gasteiger partial charge < -0.3 is 23.5 Å². The highest BCUT2D eigenvalue weighted by atomic mass is 32.1. The lowest BCUT2D eigenvalue weighted by atomic mass is 9.70. The molecule has 0 saturated heterocycles. The smallest absolute Gasteiger partial charge is 0.0726 e. The van der Waals surface area contributed by atoms with Crippen molar-refractivity contribution in [1.82, 2.24) is 18.7 Å². The second-order valence-electron chi connectivity index (χ2n) is 34.4. The maximum absolute atomic E-state index is 4.47. The minimum absolute atomic E-state index is 0.446. The average molecular weight is 1690 g/mol. The minimum atomic E-state index is -0.446. The maximum atomic E-state index is 4.47. The highest BCUT2D eigenvalue weighted by Crippen LogP contribution is 2.65. The summed E-state index contributed by atoms with van der Waals surface area (Å²) in [6.45, 7) is 0. The van der Waals surface area contributed by atoms with Crippen molar-refractivity contribution in [3.63, 3.8) is 0 Å². The van der Waals surface area contributed by atoms with Crippen LogP contribution in [0.2, 0.25) is 0 Å². The van der Waals surface area contributed by atoms with E-state index < -0.39 is 5.41 Å². The summed E-state index contributed by atoms with van der Waals surface area (Å²) in [6, 6.07) is 174. The van der Waals surface area contributed by atoms with E-state index in [4.69, 9.17) is 0 Å². The fourth-order valence-electron chi connectivity index (χ4n) is 21.5. The van der Waals surface area contributed by atoms with E-state index in [0.29, 0.717) is 0 Å². The van der Waals surface area contributed by atoms with Crippen LogP contribution in [0.25, 0.3) is 180 Å². The molecule has 612 valence electrons. The predicted octanol–water partition coefficient (Wildman–Crippen LogP) is 33.5. The summed E-state index contributed by atoms with van der Waals surface area (Å²) in [5.74, 6) is 0. The molecule has 131 heavy (non-hydrogen) atoms. The molecule has 1 spiro atoms. The molecule has 2 aliphatic rings. The number of aromatic nitrogens is 4. The summed E-state index contributed by atoms with van der Waals surface area (Å²) in [5.41, 5.74) is 36.7. The molecule has 0 aliphatic heterocycles. The number of para-hydroxylation sites is 3. The van der Waals surface area contributed by atoms with E-state index in [2.05, 4.69) is 496 Å². The van der Waals surface area contributed by atoms with Crippen LogP contribution in [-0.2, 0) is 5.41 Å². The Morgan fingerprint density at radius 2 is 0.618 bits per heavy atom. The Morgan fingerprint density at radius 1 is 0.214 bits per heavy atom. The van der Waals surface area contributed by atoms with Crippen molar-refractivity contribution in [2.24, 2.45) is 0 Å². The average Bonchev–Trinajstić information content (AvgIpc) is 1.50. The highest BCUT2D eigenvalue weighted by Gasteiger charge is 2.52. The van der Waals surface area contributed by atoms with Gasteiger partial charge in [0.1, 0.15) is 0 Å². The van der Waals surface area contributed by atoms with Crippen LogP contribution >= 0.6 is 11.3 Å². The van der Waals surface area contributed by atoms with Crippen LogP contribution in [0.5, 0.6) is 0 Å². The van der Waals surface area contributed by atoms with E-state index in [1.165, 1.54) is 186 Å². The first-order valence-corrected chi connectivity index (χ1v) is 45.7. The molecule has 6 nitrogen and oxygen atoms in total. The highest BCUT2D eigenvalue weighted by molar-refractivity contribution is 7.25. The Kier molecular flexibility index (Phi) is 17.7. The van der Waals surface area contributed by atoms with Gasteiger partial charge in [0, 0.05) is 104 Å². The van der Waals surface area contributed by atoms with Crippen LogP contribution in [0.1, 0.15) is 22.3 Å². The normalized spacial score (nSPS) is 12.3. The molecule has 0 atom stereocenters. The van der Waals surface area contributed by atoms with Crippen molar-refractivity contribution >= 4 is 142 Å². The molecule has 5 aromatic heterocycles. The van der Waals surface area contributed by atoms with E-state index in [-0.39, 0.29) is 0 Å². The fourth-order valence-corrected chi connectivity index (χ4v) is 22.6. The molecule has 20 aromatic carbocycles. The van der Waals surface area contributed by atoms with Crippen molar-refractivity contribution in [2.45, 2.75) is 5.41 Å². The topological polar surface area (TPSA) is 34.2 Å². The van der Waals surface area contributed by atoms with Gasteiger partial charge in [-0.05, 0) is 258 Å². The maximum Gasteiger partial charge on any atom is 0.0726 e. The largest absolute Gasteiger partial charge is 0.310 e. The summed E-state index contributed by atoms with van der Waals surface area (Å²) in [5, 5.41) is 12.6. The number of anilines is 6. The van der Waals surface area contributed by atoms with Crippen LogP contribution in [-0.4, -0.2) is 18.7 Å². The Labute approximate surface area is 761 Å². The lowest BCUT2D eigenvalue weighted by molar-refractivity contribution is 0.794. The summed E-state index contributed by atoms with van der Waals surface area (Å²) in [7, 11) is 0. The monoisotopic (exact) mass is 1680 g/mol. The van der Waals surface area contributed by atoms with Crippen molar-refractivity contribution in [3.8, 4) is 83.8 Å². The number of fused-ring (bicyclic) bond motifs is 23. The lowest BCUT2D eigenvalue weighted by Crippen LogP contribution is -2.26. The van der Waals surface area contributed by atoms with Gasteiger partial charge >= 0.3 is 0 Å². The van der Waals surface area contributed by atoms with E-state index >= 15 is 0 Å². The zero-order chi connectivity index (χ0) is 86.2. The van der Waals surface area contributed by atoms with Gasteiger partial charge in [-0.2, -0.15) is 0 Å². The third kappa shape index (κ3) is 12.2. The number of benzene rings is 20. The van der Waals surface area contributed by atoms with E-state index in [1.807, 2.05) is 29.8 Å². The van der Waals surface area contributed by atoms with Crippen LogP contribution in [0.3, 0.4) is 0 Å². The summed E-state index contributed by atoms with van der Waals surface area (Å²) < 4.78 is 9.93. The van der Waals surface area contributed by atoms with Crippen molar-refractivity contribution in [3.05, 3.63) is 508 Å². The van der Waals surface area contributed by atoms with E-state index in [0.717, 1.165) is 51.1 Å². The number of thiophene rings is 1. The van der Waals surface area contributed by atoms with Gasteiger partial charge in [-0.3, -0.25) is 4.98 Å². The number of pyridine rings is 1. The number of rotatable bonds is 13. The Morgan fingerprint density at radius 3 is 1.21 bits per heavy atom. The first-order chi connectivity index (χ1) is 65.0. The van der Waals surface area contributed by atoms with E-state index in [1.54, 1.807) is 0 Å². The quantitative estimate of drug-likeness (QED) is 0.115. The molecule has 0 radical (unpaired) electrons. The summed E-state index contributed by atoms with van der Waals surface area (Å²) >= 11 is 1.86. The van der Waals surface area contributed by atoms with Crippen LogP contribution in [0.15, 0.2) is 486 Å². The summed E-state index contributed by atoms with van der Waals surface area (Å²) in [6.07, 6.45) is 3.74. The molecule has 0 saturated carbocycles. The van der Waals surface area contributed by atoms with Gasteiger partial charge in [0.05, 0.1) is 56.1 Å². The molecule has 0 fully saturated rings. The molecule has 27 rings (SSSR count).